The third-order valence-corrected chi connectivity index (χ3v) is 8.61. The van der Waals surface area contributed by atoms with E-state index in [1.54, 1.807) is 35.2 Å². The third-order valence-electron chi connectivity index (χ3n) is 6.08. The predicted molar refractivity (Wildman–Crippen MR) is 161 cm³/mol. The standard InChI is InChI=1S/C31H25ClN2O4S2/c1-22-12-15-27(16-13-22)40(36,37)38-28-17-14-26(32)18-25(28)19-29-30(35)34(21-24-10-6-3-7-11-24)31(39-29)33-20-23-8-4-2-5-9-23/h2-19H,20-21H2,1H3/b29-19+,33-31?. The molecule has 1 heterocycles. The number of aliphatic imine (C=N–C) groups is 1. The van der Waals surface area contributed by atoms with Gasteiger partial charge in [0, 0.05) is 10.6 Å². The van der Waals surface area contributed by atoms with Crippen molar-refractivity contribution in [2.75, 3.05) is 0 Å². The number of thioether (sulfide) groups is 1. The summed E-state index contributed by atoms with van der Waals surface area (Å²) >= 11 is 7.50. The number of hydrogen-bond acceptors (Lipinski definition) is 6. The van der Waals surface area contributed by atoms with Crippen molar-refractivity contribution in [3.63, 3.8) is 0 Å². The van der Waals surface area contributed by atoms with Gasteiger partial charge in [0.25, 0.3) is 5.91 Å². The summed E-state index contributed by atoms with van der Waals surface area (Å²) in [5.41, 5.74) is 3.27. The van der Waals surface area contributed by atoms with Crippen LogP contribution in [-0.4, -0.2) is 24.4 Å². The lowest BCUT2D eigenvalue weighted by Gasteiger charge is -2.15. The van der Waals surface area contributed by atoms with Crippen molar-refractivity contribution < 1.29 is 17.4 Å². The summed E-state index contributed by atoms with van der Waals surface area (Å²) in [4.78, 5) is 20.4. The lowest BCUT2D eigenvalue weighted by molar-refractivity contribution is -0.122. The van der Waals surface area contributed by atoms with Gasteiger partial charge in [-0.05, 0) is 66.2 Å². The average Bonchev–Trinajstić information content (AvgIpc) is 3.24. The molecule has 0 atom stereocenters. The topological polar surface area (TPSA) is 76.0 Å². The zero-order chi connectivity index (χ0) is 28.1. The van der Waals surface area contributed by atoms with Crippen molar-refractivity contribution in [1.82, 2.24) is 4.90 Å². The van der Waals surface area contributed by atoms with Gasteiger partial charge in [-0.2, -0.15) is 8.42 Å². The highest BCUT2D eigenvalue weighted by Gasteiger charge is 2.33. The largest absolute Gasteiger partial charge is 0.378 e. The maximum Gasteiger partial charge on any atom is 0.339 e. The van der Waals surface area contributed by atoms with Crippen LogP contribution in [0.4, 0.5) is 0 Å². The Labute approximate surface area is 243 Å². The first-order chi connectivity index (χ1) is 19.3. The van der Waals surface area contributed by atoms with Crippen LogP contribution in [0, 0.1) is 6.92 Å². The lowest BCUT2D eigenvalue weighted by Crippen LogP contribution is -2.28. The van der Waals surface area contributed by atoms with E-state index in [4.69, 9.17) is 20.8 Å². The Balaban J connectivity index is 1.48. The Morgan fingerprint density at radius 2 is 1.55 bits per heavy atom. The van der Waals surface area contributed by atoms with E-state index in [9.17, 15) is 13.2 Å². The monoisotopic (exact) mass is 588 g/mol. The smallest absolute Gasteiger partial charge is 0.339 e. The third kappa shape index (κ3) is 6.65. The van der Waals surface area contributed by atoms with Gasteiger partial charge < -0.3 is 4.18 Å². The molecule has 202 valence electrons. The molecule has 1 aliphatic heterocycles. The summed E-state index contributed by atoms with van der Waals surface area (Å²) in [6.45, 7) is 2.63. The fraction of sp³-hybridized carbons (Fsp3) is 0.0968. The Bertz CT molecular complexity index is 1690. The van der Waals surface area contributed by atoms with E-state index in [-0.39, 0.29) is 16.6 Å². The van der Waals surface area contributed by atoms with Gasteiger partial charge in [-0.3, -0.25) is 14.7 Å². The van der Waals surface area contributed by atoms with Crippen LogP contribution in [0.15, 0.2) is 118 Å². The number of rotatable bonds is 8. The summed E-state index contributed by atoms with van der Waals surface area (Å²) < 4.78 is 31.5. The Morgan fingerprint density at radius 1 is 0.900 bits per heavy atom. The first-order valence-electron chi connectivity index (χ1n) is 12.4. The number of nitrogens with zero attached hydrogens (tertiary/aromatic N) is 2. The molecule has 0 bridgehead atoms. The number of carbonyl (C=O) groups is 1. The molecule has 0 unspecified atom stereocenters. The fourth-order valence-electron chi connectivity index (χ4n) is 3.99. The van der Waals surface area contributed by atoms with E-state index in [0.717, 1.165) is 16.7 Å². The molecule has 4 aromatic rings. The molecule has 0 N–H and O–H groups in total. The number of amides is 1. The number of aryl methyl sites for hydroxylation is 1. The van der Waals surface area contributed by atoms with Crippen LogP contribution in [0.3, 0.4) is 0 Å². The van der Waals surface area contributed by atoms with Gasteiger partial charge in [-0.15, -0.1) is 0 Å². The zero-order valence-electron chi connectivity index (χ0n) is 21.5. The molecule has 5 rings (SSSR count). The van der Waals surface area contributed by atoms with Crippen LogP contribution in [-0.2, 0) is 28.0 Å². The first-order valence-corrected chi connectivity index (χ1v) is 15.0. The molecular formula is C31H25ClN2O4S2. The Hall–Kier alpha value is -3.85. The molecule has 0 spiro atoms. The second-order valence-corrected chi connectivity index (χ2v) is 12.1. The molecular weight excluding hydrogens is 564 g/mol. The van der Waals surface area contributed by atoms with Crippen molar-refractivity contribution >= 4 is 50.6 Å². The van der Waals surface area contributed by atoms with E-state index < -0.39 is 10.1 Å². The predicted octanol–water partition coefficient (Wildman–Crippen LogP) is 7.09. The van der Waals surface area contributed by atoms with Crippen LogP contribution in [0.5, 0.6) is 5.75 Å². The van der Waals surface area contributed by atoms with E-state index in [0.29, 0.717) is 33.7 Å². The van der Waals surface area contributed by atoms with Crippen LogP contribution >= 0.6 is 23.4 Å². The molecule has 1 fully saturated rings. The average molecular weight is 589 g/mol. The number of halogens is 1. The molecule has 1 aliphatic rings. The van der Waals surface area contributed by atoms with E-state index in [1.807, 2.05) is 67.6 Å². The van der Waals surface area contributed by atoms with Gasteiger partial charge in [-0.25, -0.2) is 0 Å². The minimum absolute atomic E-state index is 0.0299. The lowest BCUT2D eigenvalue weighted by atomic mass is 10.1. The Kier molecular flexibility index (Phi) is 8.40. The van der Waals surface area contributed by atoms with Gasteiger partial charge in [0.05, 0.1) is 18.0 Å². The van der Waals surface area contributed by atoms with Gasteiger partial charge in [0.1, 0.15) is 10.6 Å². The highest BCUT2D eigenvalue weighted by Crippen LogP contribution is 2.37. The fourth-order valence-corrected chi connectivity index (χ4v) is 6.10. The molecule has 4 aromatic carbocycles. The maximum atomic E-state index is 13.6. The summed E-state index contributed by atoms with van der Waals surface area (Å²) in [5.74, 6) is -0.178. The van der Waals surface area contributed by atoms with Gasteiger partial charge in [-0.1, -0.05) is 90.0 Å². The van der Waals surface area contributed by atoms with Crippen molar-refractivity contribution in [1.29, 1.82) is 0 Å². The molecule has 6 nitrogen and oxygen atoms in total. The minimum Gasteiger partial charge on any atom is -0.378 e. The second-order valence-electron chi connectivity index (χ2n) is 9.10. The summed E-state index contributed by atoms with van der Waals surface area (Å²) in [5, 5.41) is 0.933. The van der Waals surface area contributed by atoms with Crippen molar-refractivity contribution in [3.8, 4) is 5.75 Å². The first kappa shape index (κ1) is 27.7. The zero-order valence-corrected chi connectivity index (χ0v) is 23.9. The van der Waals surface area contributed by atoms with Gasteiger partial charge >= 0.3 is 10.1 Å². The number of carbonyl (C=O) groups excluding carboxylic acids is 1. The van der Waals surface area contributed by atoms with E-state index >= 15 is 0 Å². The van der Waals surface area contributed by atoms with E-state index in [1.165, 1.54) is 30.0 Å². The van der Waals surface area contributed by atoms with E-state index in [2.05, 4.69) is 0 Å². The molecule has 0 saturated carbocycles. The van der Waals surface area contributed by atoms with Crippen molar-refractivity contribution in [2.45, 2.75) is 24.9 Å². The second kappa shape index (κ2) is 12.1. The van der Waals surface area contributed by atoms with Gasteiger partial charge in [0.15, 0.2) is 5.17 Å². The Morgan fingerprint density at radius 3 is 2.23 bits per heavy atom. The van der Waals surface area contributed by atoms with Crippen LogP contribution in [0.2, 0.25) is 5.02 Å². The summed E-state index contributed by atoms with van der Waals surface area (Å²) in [7, 11) is -4.11. The quantitative estimate of drug-likeness (QED) is 0.162. The molecule has 40 heavy (non-hydrogen) atoms. The molecule has 0 radical (unpaired) electrons. The number of amidine groups is 1. The van der Waals surface area contributed by atoms with Crippen molar-refractivity contribution in [3.05, 3.63) is 135 Å². The molecule has 9 heteroatoms. The van der Waals surface area contributed by atoms with Crippen LogP contribution in [0.25, 0.3) is 6.08 Å². The maximum absolute atomic E-state index is 13.6. The molecule has 1 saturated heterocycles. The van der Waals surface area contributed by atoms with Crippen LogP contribution in [0.1, 0.15) is 22.3 Å². The van der Waals surface area contributed by atoms with Crippen LogP contribution < -0.4 is 4.18 Å². The normalized spacial score (nSPS) is 15.7. The van der Waals surface area contributed by atoms with Crippen molar-refractivity contribution in [2.24, 2.45) is 4.99 Å². The molecule has 0 aromatic heterocycles. The summed E-state index contributed by atoms with van der Waals surface area (Å²) in [6, 6.07) is 30.4. The number of benzene rings is 4. The number of hydrogen-bond donors (Lipinski definition) is 0. The minimum atomic E-state index is -4.11. The van der Waals surface area contributed by atoms with Gasteiger partial charge in [0.2, 0.25) is 0 Å². The molecule has 1 amide bonds. The highest BCUT2D eigenvalue weighted by molar-refractivity contribution is 8.18. The SMILES string of the molecule is Cc1ccc(S(=O)(=O)Oc2ccc(Cl)cc2/C=C2/SC(=NCc3ccccc3)N(Cc3ccccc3)C2=O)cc1. The summed E-state index contributed by atoms with van der Waals surface area (Å²) in [6.07, 6.45) is 1.60. The molecule has 0 aliphatic carbocycles. The highest BCUT2D eigenvalue weighted by atomic mass is 35.5.